The van der Waals surface area contributed by atoms with Crippen LogP contribution >= 0.6 is 0 Å². The molecular weight excluding hydrogens is 305 g/mol. The summed E-state index contributed by atoms with van der Waals surface area (Å²) < 4.78 is 19.3. The van der Waals surface area contributed by atoms with Gasteiger partial charge in [-0.25, -0.2) is 4.39 Å². The third-order valence-corrected chi connectivity index (χ3v) is 5.44. The number of nitrogens with zero attached hydrogens (tertiary/aromatic N) is 3. The summed E-state index contributed by atoms with van der Waals surface area (Å²) in [6.07, 6.45) is 2.97. The highest BCUT2D eigenvalue weighted by Gasteiger charge is 2.46. The predicted molar refractivity (Wildman–Crippen MR) is 91.8 cm³/mol. The molecule has 2 aromatic rings. The minimum Gasteiger partial charge on any atom is -0.497 e. The molecule has 4 rings (SSSR count). The van der Waals surface area contributed by atoms with Gasteiger partial charge in [-0.1, -0.05) is 12.1 Å². The first-order valence-corrected chi connectivity index (χ1v) is 8.36. The Balaban J connectivity index is 1.58. The first-order valence-electron chi connectivity index (χ1n) is 8.36. The number of halogens is 1. The van der Waals surface area contributed by atoms with Crippen LogP contribution < -0.4 is 9.64 Å². The van der Waals surface area contributed by atoms with Crippen molar-refractivity contribution < 1.29 is 9.13 Å². The van der Waals surface area contributed by atoms with Gasteiger partial charge < -0.3 is 9.64 Å². The Labute approximate surface area is 141 Å². The lowest BCUT2D eigenvalue weighted by Gasteiger charge is -2.27. The van der Waals surface area contributed by atoms with Crippen molar-refractivity contribution in [1.82, 2.24) is 9.88 Å². The molecule has 3 atom stereocenters. The van der Waals surface area contributed by atoms with E-state index < -0.39 is 0 Å². The van der Waals surface area contributed by atoms with Crippen molar-refractivity contribution in [3.8, 4) is 5.75 Å². The van der Waals surface area contributed by atoms with Gasteiger partial charge in [0.05, 0.1) is 19.0 Å². The van der Waals surface area contributed by atoms with E-state index in [4.69, 9.17) is 4.74 Å². The molecule has 1 aromatic carbocycles. The number of aromatic nitrogens is 1. The molecule has 0 radical (unpaired) electrons. The molecule has 126 valence electrons. The van der Waals surface area contributed by atoms with E-state index in [-0.39, 0.29) is 5.82 Å². The van der Waals surface area contributed by atoms with Crippen LogP contribution in [0.25, 0.3) is 0 Å². The molecule has 2 saturated heterocycles. The van der Waals surface area contributed by atoms with E-state index >= 15 is 0 Å². The molecule has 2 aliphatic rings. The summed E-state index contributed by atoms with van der Waals surface area (Å²) >= 11 is 0. The quantitative estimate of drug-likeness (QED) is 0.866. The van der Waals surface area contributed by atoms with E-state index in [1.165, 1.54) is 11.8 Å². The van der Waals surface area contributed by atoms with Crippen LogP contribution in [0.5, 0.6) is 5.75 Å². The molecule has 0 spiro atoms. The largest absolute Gasteiger partial charge is 0.497 e. The van der Waals surface area contributed by atoms with E-state index in [1.807, 2.05) is 12.1 Å². The van der Waals surface area contributed by atoms with Gasteiger partial charge in [-0.3, -0.25) is 9.88 Å². The molecule has 0 amide bonds. The average Bonchev–Trinajstić information content (AvgIpc) is 3.12. The fraction of sp³-hybridized carbons (Fsp3) is 0.421. The molecule has 0 saturated carbocycles. The zero-order valence-electron chi connectivity index (χ0n) is 14.0. The van der Waals surface area contributed by atoms with Crippen molar-refractivity contribution in [2.75, 3.05) is 38.7 Å². The highest BCUT2D eigenvalue weighted by Crippen LogP contribution is 2.45. The van der Waals surface area contributed by atoms with Crippen LogP contribution in [0.3, 0.4) is 0 Å². The molecule has 0 unspecified atom stereocenters. The first-order chi connectivity index (χ1) is 11.7. The number of likely N-dealkylation sites (tertiary alicyclic amines) is 1. The first kappa shape index (κ1) is 15.4. The molecule has 4 nitrogen and oxygen atoms in total. The number of hydrogen-bond donors (Lipinski definition) is 0. The van der Waals surface area contributed by atoms with Gasteiger partial charge in [0.1, 0.15) is 5.75 Å². The minimum atomic E-state index is -0.230. The molecule has 5 heteroatoms. The van der Waals surface area contributed by atoms with Crippen molar-refractivity contribution in [2.24, 2.45) is 11.8 Å². The highest BCUT2D eigenvalue weighted by molar-refractivity contribution is 5.48. The number of hydrogen-bond acceptors (Lipinski definition) is 4. The Morgan fingerprint density at radius 1 is 1.12 bits per heavy atom. The molecule has 2 fully saturated rings. The fourth-order valence-electron chi connectivity index (χ4n) is 4.38. The standard InChI is InChI=1S/C19H22FN3O/c1-22-10-14-11-23(18-7-8-21-9-17(18)20)12-16(14)19(22)13-3-5-15(24-2)6-4-13/h3-9,14,16,19H,10-12H2,1-2H3/t14-,16+,19-/m0/s1. The van der Waals surface area contributed by atoms with Gasteiger partial charge in [-0.2, -0.15) is 0 Å². The summed E-state index contributed by atoms with van der Waals surface area (Å²) in [7, 11) is 3.87. The molecule has 0 N–H and O–H groups in total. The number of methoxy groups -OCH3 is 1. The number of rotatable bonds is 3. The second kappa shape index (κ2) is 6.06. The zero-order valence-corrected chi connectivity index (χ0v) is 14.0. The van der Waals surface area contributed by atoms with E-state index in [2.05, 4.69) is 34.0 Å². The Kier molecular flexibility index (Phi) is 3.88. The topological polar surface area (TPSA) is 28.6 Å². The summed E-state index contributed by atoms with van der Waals surface area (Å²) in [5.41, 5.74) is 1.98. The van der Waals surface area contributed by atoms with Crippen LogP contribution in [0.4, 0.5) is 10.1 Å². The second-order valence-electron chi connectivity index (χ2n) is 6.81. The van der Waals surface area contributed by atoms with Crippen molar-refractivity contribution in [3.63, 3.8) is 0 Å². The number of benzene rings is 1. The Morgan fingerprint density at radius 3 is 2.62 bits per heavy atom. The van der Waals surface area contributed by atoms with Gasteiger partial charge in [0, 0.05) is 37.8 Å². The van der Waals surface area contributed by atoms with Gasteiger partial charge in [0.25, 0.3) is 0 Å². The van der Waals surface area contributed by atoms with Crippen LogP contribution in [0.15, 0.2) is 42.7 Å². The maximum Gasteiger partial charge on any atom is 0.164 e. The number of anilines is 1. The molecule has 24 heavy (non-hydrogen) atoms. The van der Waals surface area contributed by atoms with Crippen LogP contribution in [0.1, 0.15) is 11.6 Å². The maximum absolute atomic E-state index is 14.1. The summed E-state index contributed by atoms with van der Waals surface area (Å²) in [5, 5.41) is 0. The Bertz CT molecular complexity index is 721. The number of ether oxygens (including phenoxy) is 1. The van der Waals surface area contributed by atoms with E-state index in [0.717, 1.165) is 25.4 Å². The van der Waals surface area contributed by atoms with Gasteiger partial charge in [0.15, 0.2) is 5.82 Å². The number of pyridine rings is 1. The van der Waals surface area contributed by atoms with Gasteiger partial charge in [-0.05, 0) is 36.7 Å². The SMILES string of the molecule is COc1ccc([C@H]2[C@@H]3CN(c4ccncc4F)C[C@@H]3CN2C)cc1. The van der Waals surface area contributed by atoms with E-state index in [1.54, 1.807) is 19.4 Å². The Hall–Kier alpha value is -2.14. The fourth-order valence-corrected chi connectivity index (χ4v) is 4.38. The summed E-state index contributed by atoms with van der Waals surface area (Å²) in [6.45, 7) is 2.83. The van der Waals surface area contributed by atoms with E-state index in [0.29, 0.717) is 23.6 Å². The lowest BCUT2D eigenvalue weighted by atomic mass is 9.89. The summed E-state index contributed by atoms with van der Waals surface area (Å²) in [6, 6.07) is 10.5. The molecule has 2 aliphatic heterocycles. The van der Waals surface area contributed by atoms with Crippen LogP contribution in [0.2, 0.25) is 0 Å². The number of fused-ring (bicyclic) bond motifs is 1. The van der Waals surface area contributed by atoms with E-state index in [9.17, 15) is 4.39 Å². The molecule has 0 aliphatic carbocycles. The predicted octanol–water partition coefficient (Wildman–Crippen LogP) is 2.97. The summed E-state index contributed by atoms with van der Waals surface area (Å²) in [5.74, 6) is 1.72. The van der Waals surface area contributed by atoms with Crippen molar-refractivity contribution >= 4 is 5.69 Å². The maximum atomic E-state index is 14.1. The van der Waals surface area contributed by atoms with Crippen molar-refractivity contribution in [3.05, 3.63) is 54.1 Å². The van der Waals surface area contributed by atoms with Crippen molar-refractivity contribution in [1.29, 1.82) is 0 Å². The highest BCUT2D eigenvalue weighted by atomic mass is 19.1. The zero-order chi connectivity index (χ0) is 16.7. The second-order valence-corrected chi connectivity index (χ2v) is 6.81. The van der Waals surface area contributed by atoms with Crippen molar-refractivity contribution in [2.45, 2.75) is 6.04 Å². The lowest BCUT2D eigenvalue weighted by Crippen LogP contribution is -2.29. The van der Waals surface area contributed by atoms with Crippen LogP contribution in [0, 0.1) is 17.7 Å². The summed E-state index contributed by atoms with van der Waals surface area (Å²) in [4.78, 5) is 8.46. The van der Waals surface area contributed by atoms with Gasteiger partial charge in [0.2, 0.25) is 0 Å². The smallest absolute Gasteiger partial charge is 0.164 e. The third-order valence-electron chi connectivity index (χ3n) is 5.44. The molecule has 3 heterocycles. The van der Waals surface area contributed by atoms with Gasteiger partial charge in [-0.15, -0.1) is 0 Å². The normalized spacial score (nSPS) is 26.6. The monoisotopic (exact) mass is 327 g/mol. The van der Waals surface area contributed by atoms with Crippen LogP contribution in [-0.2, 0) is 0 Å². The molecule has 0 bridgehead atoms. The molecule has 1 aromatic heterocycles. The molecular formula is C19H22FN3O. The third kappa shape index (κ3) is 2.53. The lowest BCUT2D eigenvalue weighted by molar-refractivity contribution is 0.279. The average molecular weight is 327 g/mol. The van der Waals surface area contributed by atoms with Gasteiger partial charge >= 0.3 is 0 Å². The van der Waals surface area contributed by atoms with Crippen LogP contribution in [-0.4, -0.2) is 43.7 Å². The minimum absolute atomic E-state index is 0.230. The Morgan fingerprint density at radius 2 is 1.92 bits per heavy atom.